The fourth-order valence-electron chi connectivity index (χ4n) is 4.83. The number of piperazine rings is 1. The normalized spacial score (nSPS) is 13.8. The zero-order valence-electron chi connectivity index (χ0n) is 24.1. The molecule has 1 amide bonds. The summed E-state index contributed by atoms with van der Waals surface area (Å²) in [4.78, 5) is 21.4. The Kier molecular flexibility index (Phi) is 11.1. The molecule has 5 rings (SSSR count). The van der Waals surface area contributed by atoms with Crippen LogP contribution in [0.15, 0.2) is 79.0 Å². The second-order valence-corrected chi connectivity index (χ2v) is 12.1. The van der Waals surface area contributed by atoms with Crippen LogP contribution in [0.5, 0.6) is 17.4 Å². The highest BCUT2D eigenvalue weighted by Gasteiger charge is 2.20. The van der Waals surface area contributed by atoms with E-state index in [1.165, 1.54) is 5.56 Å². The molecular formula is C34H31Cl4N3O3. The lowest BCUT2D eigenvalue weighted by atomic mass is 10.1. The molecule has 1 aromatic heterocycles. The summed E-state index contributed by atoms with van der Waals surface area (Å²) in [6.07, 6.45) is 5.67. The predicted molar refractivity (Wildman–Crippen MR) is 179 cm³/mol. The third-order valence-electron chi connectivity index (χ3n) is 7.23. The van der Waals surface area contributed by atoms with Crippen LogP contribution < -0.4 is 9.47 Å². The number of carbonyl (C=O) groups excluding carboxylic acids is 1. The fourth-order valence-corrected chi connectivity index (χ4v) is 5.59. The maximum atomic E-state index is 12.9. The second-order valence-electron chi connectivity index (χ2n) is 10.5. The standard InChI is InChI=1S/C34H31Cl4N3O3/c1-23-18-26(5-11-33(42)41-15-13-40(14-16-41)22-25-2-6-27(35)7-3-25)20-31(38)34(23)44-32-10-8-28(21-39-32)43-17-12-24-4-9-29(36)30(37)19-24/h2-11,18-21H,12-17,22H2,1H3. The van der Waals surface area contributed by atoms with Crippen LogP contribution in [0.3, 0.4) is 0 Å². The van der Waals surface area contributed by atoms with Gasteiger partial charge in [0.05, 0.1) is 27.9 Å². The van der Waals surface area contributed by atoms with Crippen LogP contribution in [0, 0.1) is 6.92 Å². The molecule has 0 unspecified atom stereocenters. The van der Waals surface area contributed by atoms with E-state index in [1.807, 2.05) is 54.3 Å². The molecule has 44 heavy (non-hydrogen) atoms. The van der Waals surface area contributed by atoms with Crippen molar-refractivity contribution in [2.75, 3.05) is 32.8 Å². The van der Waals surface area contributed by atoms with Gasteiger partial charge in [0, 0.05) is 56.3 Å². The summed E-state index contributed by atoms with van der Waals surface area (Å²) < 4.78 is 11.8. The highest BCUT2D eigenvalue weighted by molar-refractivity contribution is 6.42. The van der Waals surface area contributed by atoms with Crippen molar-refractivity contribution in [2.24, 2.45) is 0 Å². The molecule has 0 aliphatic carbocycles. The van der Waals surface area contributed by atoms with Gasteiger partial charge in [-0.25, -0.2) is 4.98 Å². The summed E-state index contributed by atoms with van der Waals surface area (Å²) >= 11 is 24.6. The molecule has 228 valence electrons. The van der Waals surface area contributed by atoms with Gasteiger partial charge < -0.3 is 14.4 Å². The summed E-state index contributed by atoms with van der Waals surface area (Å²) in [5.41, 5.74) is 3.88. The summed E-state index contributed by atoms with van der Waals surface area (Å²) in [6, 6.07) is 20.6. The zero-order chi connectivity index (χ0) is 31.1. The molecule has 1 saturated heterocycles. The third-order valence-corrected chi connectivity index (χ3v) is 8.50. The number of hydrogen-bond donors (Lipinski definition) is 0. The number of halogens is 4. The van der Waals surface area contributed by atoms with E-state index in [1.54, 1.807) is 42.6 Å². The van der Waals surface area contributed by atoms with Gasteiger partial charge in [-0.1, -0.05) is 64.6 Å². The topological polar surface area (TPSA) is 54.9 Å². The molecule has 0 saturated carbocycles. The molecule has 1 aliphatic heterocycles. The average molecular weight is 671 g/mol. The Labute approximate surface area is 277 Å². The fraction of sp³-hybridized carbons (Fsp3) is 0.235. The quantitative estimate of drug-likeness (QED) is 0.158. The molecule has 0 atom stereocenters. The first-order chi connectivity index (χ1) is 21.2. The number of aromatic nitrogens is 1. The Bertz CT molecular complexity index is 1600. The van der Waals surface area contributed by atoms with Gasteiger partial charge in [0.2, 0.25) is 11.8 Å². The van der Waals surface area contributed by atoms with Crippen LogP contribution in [0.4, 0.5) is 0 Å². The number of amides is 1. The van der Waals surface area contributed by atoms with Crippen molar-refractivity contribution in [3.8, 4) is 17.4 Å². The van der Waals surface area contributed by atoms with E-state index >= 15 is 0 Å². The van der Waals surface area contributed by atoms with Gasteiger partial charge in [-0.2, -0.15) is 0 Å². The smallest absolute Gasteiger partial charge is 0.246 e. The molecule has 1 fully saturated rings. The van der Waals surface area contributed by atoms with Crippen molar-refractivity contribution in [3.05, 3.63) is 121 Å². The molecule has 0 spiro atoms. The minimum Gasteiger partial charge on any atom is -0.492 e. The van der Waals surface area contributed by atoms with Crippen LogP contribution in [-0.4, -0.2) is 53.5 Å². The van der Waals surface area contributed by atoms with E-state index < -0.39 is 0 Å². The summed E-state index contributed by atoms with van der Waals surface area (Å²) in [7, 11) is 0. The minimum atomic E-state index is -0.0197. The third kappa shape index (κ3) is 8.90. The molecule has 2 heterocycles. The van der Waals surface area contributed by atoms with E-state index in [4.69, 9.17) is 55.9 Å². The Morgan fingerprint density at radius 3 is 2.30 bits per heavy atom. The maximum absolute atomic E-state index is 12.9. The van der Waals surface area contributed by atoms with Gasteiger partial charge in [-0.05, 0) is 77.7 Å². The number of aryl methyl sites for hydroxylation is 1. The van der Waals surface area contributed by atoms with Crippen molar-refractivity contribution in [1.29, 1.82) is 0 Å². The number of nitrogens with zero attached hydrogens (tertiary/aromatic N) is 3. The van der Waals surface area contributed by atoms with Gasteiger partial charge in [0.1, 0.15) is 5.75 Å². The Hall–Kier alpha value is -3.26. The monoisotopic (exact) mass is 669 g/mol. The number of hydrogen-bond acceptors (Lipinski definition) is 5. The first-order valence-corrected chi connectivity index (χ1v) is 15.7. The van der Waals surface area contributed by atoms with E-state index in [2.05, 4.69) is 9.88 Å². The molecule has 3 aromatic carbocycles. The predicted octanol–water partition coefficient (Wildman–Crippen LogP) is 8.78. The minimum absolute atomic E-state index is 0.0197. The highest BCUT2D eigenvalue weighted by atomic mass is 35.5. The van der Waals surface area contributed by atoms with Gasteiger partial charge in [-0.3, -0.25) is 9.69 Å². The molecular weight excluding hydrogens is 640 g/mol. The highest BCUT2D eigenvalue weighted by Crippen LogP contribution is 2.34. The van der Waals surface area contributed by atoms with Crippen LogP contribution in [0.1, 0.15) is 22.3 Å². The molecule has 10 heteroatoms. The van der Waals surface area contributed by atoms with E-state index in [9.17, 15) is 4.79 Å². The number of pyridine rings is 1. The van der Waals surface area contributed by atoms with Gasteiger partial charge in [0.25, 0.3) is 0 Å². The SMILES string of the molecule is Cc1cc(C=CC(=O)N2CCN(Cc3ccc(Cl)cc3)CC2)cc(Cl)c1Oc1ccc(OCCc2ccc(Cl)c(Cl)c2)cn1. The maximum Gasteiger partial charge on any atom is 0.246 e. The first-order valence-electron chi connectivity index (χ1n) is 14.2. The largest absolute Gasteiger partial charge is 0.492 e. The molecule has 4 aromatic rings. The van der Waals surface area contributed by atoms with Crippen LogP contribution in [-0.2, 0) is 17.8 Å². The van der Waals surface area contributed by atoms with E-state index in [0.717, 1.165) is 41.3 Å². The van der Waals surface area contributed by atoms with Crippen LogP contribution >= 0.6 is 46.4 Å². The van der Waals surface area contributed by atoms with Crippen molar-refractivity contribution in [3.63, 3.8) is 0 Å². The second kappa shape index (κ2) is 15.2. The number of rotatable bonds is 10. The number of benzene rings is 3. The molecule has 6 nitrogen and oxygen atoms in total. The van der Waals surface area contributed by atoms with Crippen molar-refractivity contribution < 1.29 is 14.3 Å². The first kappa shape index (κ1) is 32.1. The lowest BCUT2D eigenvalue weighted by Crippen LogP contribution is -2.47. The van der Waals surface area contributed by atoms with Crippen molar-refractivity contribution in [1.82, 2.24) is 14.8 Å². The van der Waals surface area contributed by atoms with Crippen LogP contribution in [0.2, 0.25) is 20.1 Å². The van der Waals surface area contributed by atoms with Crippen molar-refractivity contribution in [2.45, 2.75) is 19.9 Å². The van der Waals surface area contributed by atoms with Gasteiger partial charge >= 0.3 is 0 Å². The van der Waals surface area contributed by atoms with E-state index in [0.29, 0.717) is 58.6 Å². The summed E-state index contributed by atoms with van der Waals surface area (Å²) in [5.74, 6) is 1.50. The Morgan fingerprint density at radius 1 is 0.864 bits per heavy atom. The molecule has 0 N–H and O–H groups in total. The van der Waals surface area contributed by atoms with Gasteiger partial charge in [0.15, 0.2) is 5.75 Å². The van der Waals surface area contributed by atoms with Gasteiger partial charge in [-0.15, -0.1) is 0 Å². The number of carbonyl (C=O) groups is 1. The molecule has 0 radical (unpaired) electrons. The lowest BCUT2D eigenvalue weighted by molar-refractivity contribution is -0.127. The van der Waals surface area contributed by atoms with E-state index in [-0.39, 0.29) is 5.91 Å². The zero-order valence-corrected chi connectivity index (χ0v) is 27.1. The lowest BCUT2D eigenvalue weighted by Gasteiger charge is -2.34. The number of ether oxygens (including phenoxy) is 2. The Morgan fingerprint density at radius 2 is 1.61 bits per heavy atom. The summed E-state index contributed by atoms with van der Waals surface area (Å²) in [5, 5.41) is 2.21. The van der Waals surface area contributed by atoms with Crippen molar-refractivity contribution >= 4 is 58.4 Å². The summed E-state index contributed by atoms with van der Waals surface area (Å²) in [6.45, 7) is 6.20. The van der Waals surface area contributed by atoms with Crippen LogP contribution in [0.25, 0.3) is 6.08 Å². The molecule has 0 bridgehead atoms. The molecule has 1 aliphatic rings. The average Bonchev–Trinajstić information content (AvgIpc) is 3.02. The Balaban J connectivity index is 1.10.